The van der Waals surface area contributed by atoms with Crippen LogP contribution in [0.25, 0.3) is 11.0 Å². The number of nitrogens with one attached hydrogen (secondary N) is 1. The molecule has 6 heteroatoms. The maximum atomic E-state index is 13.3. The Kier molecular flexibility index (Phi) is 4.64. The van der Waals surface area contributed by atoms with Gasteiger partial charge in [-0.05, 0) is 63.0 Å². The Hall–Kier alpha value is -2.60. The molecule has 2 aromatic heterocycles. The molecule has 1 amide bonds. The van der Waals surface area contributed by atoms with E-state index in [1.807, 2.05) is 36.4 Å². The number of H-pyrrole nitrogens is 1. The largest absolute Gasteiger partial charge is 0.468 e. The summed E-state index contributed by atoms with van der Waals surface area (Å²) >= 11 is 0. The minimum Gasteiger partial charge on any atom is -0.468 e. The van der Waals surface area contributed by atoms with Crippen molar-refractivity contribution in [3.63, 3.8) is 0 Å². The van der Waals surface area contributed by atoms with Crippen LogP contribution in [0.3, 0.4) is 0 Å². The SMILES string of the molecule is O=C(C1CCN(Cc2ccco2)CC1)N1CCC[C@H]1c1nc2ccccc2[nH]1. The summed E-state index contributed by atoms with van der Waals surface area (Å²) in [7, 11) is 0. The van der Waals surface area contributed by atoms with Gasteiger partial charge in [0.15, 0.2) is 0 Å². The molecule has 6 nitrogen and oxygen atoms in total. The van der Waals surface area contributed by atoms with E-state index in [1.54, 1.807) is 6.26 Å². The third-order valence-electron chi connectivity index (χ3n) is 6.16. The maximum Gasteiger partial charge on any atom is 0.226 e. The molecule has 0 spiro atoms. The fraction of sp³-hybridized carbons (Fsp3) is 0.455. The van der Waals surface area contributed by atoms with Gasteiger partial charge in [-0.3, -0.25) is 9.69 Å². The molecule has 2 aliphatic rings. The Morgan fingerprint density at radius 1 is 1.11 bits per heavy atom. The lowest BCUT2D eigenvalue weighted by Crippen LogP contribution is -2.42. The molecule has 2 fully saturated rings. The first kappa shape index (κ1) is 17.5. The Labute approximate surface area is 164 Å². The molecule has 0 saturated carbocycles. The second-order valence-electron chi connectivity index (χ2n) is 7.96. The molecular weight excluding hydrogens is 352 g/mol. The zero-order valence-corrected chi connectivity index (χ0v) is 16.0. The van der Waals surface area contributed by atoms with Crippen molar-refractivity contribution in [3.8, 4) is 0 Å². The van der Waals surface area contributed by atoms with Gasteiger partial charge in [0.2, 0.25) is 5.91 Å². The van der Waals surface area contributed by atoms with Crippen LogP contribution in [-0.2, 0) is 11.3 Å². The van der Waals surface area contributed by atoms with Gasteiger partial charge >= 0.3 is 0 Å². The van der Waals surface area contributed by atoms with Crippen molar-refractivity contribution in [1.82, 2.24) is 19.8 Å². The molecule has 0 bridgehead atoms. The van der Waals surface area contributed by atoms with E-state index in [0.29, 0.717) is 5.91 Å². The minimum absolute atomic E-state index is 0.0843. The summed E-state index contributed by atoms with van der Waals surface area (Å²) in [5, 5.41) is 0. The highest BCUT2D eigenvalue weighted by Crippen LogP contribution is 2.34. The highest BCUT2D eigenvalue weighted by molar-refractivity contribution is 5.80. The standard InChI is InChI=1S/C22H26N4O2/c27-22(16-9-12-25(13-10-16)15-17-5-4-14-28-17)26-11-3-8-20(26)21-23-18-6-1-2-7-19(18)24-21/h1-2,4-7,14,16,20H,3,8-13,15H2,(H,23,24)/t20-/m0/s1. The number of para-hydroxylation sites is 2. The Balaban J connectivity index is 1.24. The van der Waals surface area contributed by atoms with E-state index in [1.165, 1.54) is 0 Å². The highest BCUT2D eigenvalue weighted by atomic mass is 16.3. The molecule has 1 aromatic carbocycles. The van der Waals surface area contributed by atoms with Crippen LogP contribution in [-0.4, -0.2) is 45.3 Å². The number of piperidine rings is 1. The number of rotatable bonds is 4. The van der Waals surface area contributed by atoms with Crippen molar-refractivity contribution in [2.24, 2.45) is 5.92 Å². The molecule has 1 atom stereocenters. The lowest BCUT2D eigenvalue weighted by atomic mass is 9.95. The van der Waals surface area contributed by atoms with Crippen molar-refractivity contribution >= 4 is 16.9 Å². The van der Waals surface area contributed by atoms with Gasteiger partial charge in [0.1, 0.15) is 11.6 Å². The topological polar surface area (TPSA) is 65.4 Å². The van der Waals surface area contributed by atoms with E-state index in [-0.39, 0.29) is 12.0 Å². The third-order valence-corrected chi connectivity index (χ3v) is 6.16. The van der Waals surface area contributed by atoms with Crippen molar-refractivity contribution in [1.29, 1.82) is 0 Å². The number of hydrogen-bond acceptors (Lipinski definition) is 4. The first-order valence-electron chi connectivity index (χ1n) is 10.3. The molecule has 146 valence electrons. The predicted octanol–water partition coefficient (Wildman–Crippen LogP) is 3.73. The van der Waals surface area contributed by atoms with E-state index in [2.05, 4.69) is 14.8 Å². The summed E-state index contributed by atoms with van der Waals surface area (Å²) in [6, 6.07) is 12.1. The van der Waals surface area contributed by atoms with Crippen LogP contribution >= 0.6 is 0 Å². The predicted molar refractivity (Wildman–Crippen MR) is 106 cm³/mol. The number of carbonyl (C=O) groups is 1. The normalized spacial score (nSPS) is 21.6. The molecule has 1 N–H and O–H groups in total. The van der Waals surface area contributed by atoms with Gasteiger partial charge in [-0.25, -0.2) is 4.98 Å². The summed E-state index contributed by atoms with van der Waals surface area (Å²) in [5.41, 5.74) is 2.02. The van der Waals surface area contributed by atoms with E-state index in [9.17, 15) is 4.79 Å². The fourth-order valence-corrected chi connectivity index (χ4v) is 4.64. The number of benzene rings is 1. The van der Waals surface area contributed by atoms with Gasteiger partial charge in [0.25, 0.3) is 0 Å². The summed E-state index contributed by atoms with van der Waals surface area (Å²) in [6.45, 7) is 3.56. The number of carbonyl (C=O) groups excluding carboxylic acids is 1. The lowest BCUT2D eigenvalue weighted by molar-refractivity contribution is -0.138. The second-order valence-corrected chi connectivity index (χ2v) is 7.96. The van der Waals surface area contributed by atoms with Crippen LogP contribution in [0, 0.1) is 5.92 Å². The number of likely N-dealkylation sites (tertiary alicyclic amines) is 2. The molecule has 2 saturated heterocycles. The second kappa shape index (κ2) is 7.43. The van der Waals surface area contributed by atoms with Gasteiger partial charge in [-0.2, -0.15) is 0 Å². The van der Waals surface area contributed by atoms with Gasteiger partial charge in [-0.1, -0.05) is 12.1 Å². The summed E-state index contributed by atoms with van der Waals surface area (Å²) in [6.07, 6.45) is 5.59. The Morgan fingerprint density at radius 2 is 1.96 bits per heavy atom. The van der Waals surface area contributed by atoms with Crippen LogP contribution in [0.15, 0.2) is 47.1 Å². The molecular formula is C22H26N4O2. The first-order valence-corrected chi connectivity index (χ1v) is 10.3. The van der Waals surface area contributed by atoms with E-state index in [4.69, 9.17) is 9.40 Å². The number of furan rings is 1. The van der Waals surface area contributed by atoms with Crippen LogP contribution in [0.4, 0.5) is 0 Å². The Morgan fingerprint density at radius 3 is 2.75 bits per heavy atom. The molecule has 2 aliphatic heterocycles. The van der Waals surface area contributed by atoms with Crippen molar-refractivity contribution in [2.75, 3.05) is 19.6 Å². The monoisotopic (exact) mass is 378 g/mol. The average molecular weight is 378 g/mol. The summed E-state index contributed by atoms with van der Waals surface area (Å²) in [4.78, 5) is 25.9. The molecule has 3 aromatic rings. The molecule has 4 heterocycles. The highest BCUT2D eigenvalue weighted by Gasteiger charge is 2.36. The van der Waals surface area contributed by atoms with Crippen LogP contribution < -0.4 is 0 Å². The van der Waals surface area contributed by atoms with Crippen molar-refractivity contribution in [2.45, 2.75) is 38.3 Å². The number of nitrogens with zero attached hydrogens (tertiary/aromatic N) is 3. The number of aromatic nitrogens is 2. The average Bonchev–Trinajstić information content (AvgIpc) is 3.47. The van der Waals surface area contributed by atoms with E-state index < -0.39 is 0 Å². The van der Waals surface area contributed by atoms with Gasteiger partial charge in [0.05, 0.1) is 29.9 Å². The molecule has 0 aliphatic carbocycles. The van der Waals surface area contributed by atoms with Crippen LogP contribution in [0.5, 0.6) is 0 Å². The van der Waals surface area contributed by atoms with E-state index in [0.717, 1.165) is 74.5 Å². The molecule has 0 unspecified atom stereocenters. The zero-order chi connectivity index (χ0) is 18.9. The Bertz CT molecular complexity index is 908. The first-order chi connectivity index (χ1) is 13.8. The molecule has 0 radical (unpaired) electrons. The van der Waals surface area contributed by atoms with Crippen LogP contribution in [0.2, 0.25) is 0 Å². The number of fused-ring (bicyclic) bond motifs is 1. The number of amides is 1. The summed E-state index contributed by atoms with van der Waals surface area (Å²) < 4.78 is 5.45. The minimum atomic E-state index is 0.0843. The molecule has 5 rings (SSSR count). The molecule has 28 heavy (non-hydrogen) atoms. The fourth-order valence-electron chi connectivity index (χ4n) is 4.64. The van der Waals surface area contributed by atoms with E-state index >= 15 is 0 Å². The number of aromatic amines is 1. The summed E-state index contributed by atoms with van der Waals surface area (Å²) in [5.74, 6) is 2.36. The number of hydrogen-bond donors (Lipinski definition) is 1. The smallest absolute Gasteiger partial charge is 0.226 e. The lowest BCUT2D eigenvalue weighted by Gasteiger charge is -2.34. The van der Waals surface area contributed by atoms with Crippen LogP contribution in [0.1, 0.15) is 43.3 Å². The third kappa shape index (κ3) is 3.33. The quantitative estimate of drug-likeness (QED) is 0.751. The zero-order valence-electron chi connectivity index (χ0n) is 16.0. The van der Waals surface area contributed by atoms with Crippen molar-refractivity contribution in [3.05, 3.63) is 54.2 Å². The van der Waals surface area contributed by atoms with Gasteiger partial charge < -0.3 is 14.3 Å². The van der Waals surface area contributed by atoms with Gasteiger partial charge in [0, 0.05) is 12.5 Å². The number of imidazole rings is 1. The van der Waals surface area contributed by atoms with Gasteiger partial charge in [-0.15, -0.1) is 0 Å². The van der Waals surface area contributed by atoms with Crippen molar-refractivity contribution < 1.29 is 9.21 Å². The maximum absolute atomic E-state index is 13.3.